The predicted octanol–water partition coefficient (Wildman–Crippen LogP) is 1.30. The van der Waals surface area contributed by atoms with E-state index in [0.29, 0.717) is 0 Å². The Bertz CT molecular complexity index is 217. The summed E-state index contributed by atoms with van der Waals surface area (Å²) in [6.45, 7) is 0. The first kappa shape index (κ1) is 8.20. The van der Waals surface area contributed by atoms with Crippen molar-refractivity contribution in [2.75, 3.05) is 0 Å². The summed E-state index contributed by atoms with van der Waals surface area (Å²) < 4.78 is 13.6. The Morgan fingerprint density at radius 3 is 2.60 bits per heavy atom. The van der Waals surface area contributed by atoms with Gasteiger partial charge in [0.1, 0.15) is 5.82 Å². The summed E-state index contributed by atoms with van der Waals surface area (Å²) in [6, 6.07) is 6.21. The molecule has 0 aliphatic heterocycles. The molecule has 3 heteroatoms. The van der Waals surface area contributed by atoms with Crippen LogP contribution in [-0.2, 0) is 6.04 Å². The molecule has 0 heterocycles. The summed E-state index contributed by atoms with van der Waals surface area (Å²) >= 11 is 2.13. The van der Waals surface area contributed by atoms with Gasteiger partial charge in [0.25, 0.3) is 0 Å². The summed E-state index contributed by atoms with van der Waals surface area (Å²) in [4.78, 5) is 0. The molecular weight excluding hydrogens is 258 g/mol. The lowest BCUT2D eigenvalue weighted by molar-refractivity contribution is 0.625. The van der Waals surface area contributed by atoms with Crippen LogP contribution in [0.3, 0.4) is 0 Å². The molecule has 1 aromatic rings. The van der Waals surface area contributed by atoms with Crippen LogP contribution in [0.15, 0.2) is 18.2 Å². The van der Waals surface area contributed by atoms with Crippen LogP contribution in [0.5, 0.6) is 0 Å². The molecule has 10 heavy (non-hydrogen) atoms. The highest BCUT2D eigenvalue weighted by atomic mass is 127. The Morgan fingerprint density at radius 1 is 1.40 bits per heavy atom. The Kier molecular flexibility index (Phi) is 2.85. The van der Waals surface area contributed by atoms with Gasteiger partial charge in [0, 0.05) is 13.8 Å². The molecule has 0 aliphatic rings. The molecule has 0 bridgehead atoms. The van der Waals surface area contributed by atoms with Gasteiger partial charge >= 0.3 is 0 Å². The van der Waals surface area contributed by atoms with Crippen molar-refractivity contribution >= 4 is 32.8 Å². The lowest BCUT2D eigenvalue weighted by atomic mass is 10.2. The Labute approximate surface area is 76.4 Å². The highest BCUT2D eigenvalue weighted by Gasteiger charge is 1.95. The molecule has 0 amide bonds. The van der Waals surface area contributed by atoms with E-state index < -0.39 is 0 Å². The van der Waals surface area contributed by atoms with Crippen LogP contribution in [0.2, 0.25) is 0 Å². The molecule has 0 fully saturated rings. The van der Waals surface area contributed by atoms with Crippen LogP contribution >= 0.6 is 22.6 Å². The molecule has 0 aromatic heterocycles. The van der Waals surface area contributed by atoms with E-state index in [4.69, 9.17) is 0 Å². The molecule has 0 aliphatic carbocycles. The second-order valence-corrected chi connectivity index (χ2v) is 4.08. The van der Waals surface area contributed by atoms with Gasteiger partial charge in [-0.3, -0.25) is 0 Å². The third kappa shape index (κ3) is 2.05. The molecule has 0 saturated heterocycles. The molecule has 0 N–H and O–H groups in total. The third-order valence-electron chi connectivity index (χ3n) is 1.33. The van der Waals surface area contributed by atoms with Gasteiger partial charge in [0.15, 0.2) is 0 Å². The number of benzene rings is 1. The van der Waals surface area contributed by atoms with Gasteiger partial charge in [-0.05, 0) is 52.4 Å². The van der Waals surface area contributed by atoms with Gasteiger partial charge in [0.05, 0.1) is 0 Å². The highest BCUT2D eigenvalue weighted by Crippen LogP contribution is 2.10. The minimum Gasteiger partial charge on any atom is -0.207 e. The number of hydrogen-bond acceptors (Lipinski definition) is 0. The maximum absolute atomic E-state index is 12.6. The van der Waals surface area contributed by atoms with Gasteiger partial charge in [0.2, 0.25) is 0 Å². The maximum atomic E-state index is 12.6. The summed E-state index contributed by atoms with van der Waals surface area (Å²) in [5.74, 6) is -0.113. The fourth-order valence-electron chi connectivity index (χ4n) is 0.815. The molecular formula is C7H8FISi. The van der Waals surface area contributed by atoms with Crippen molar-refractivity contribution in [3.05, 3.63) is 33.1 Å². The van der Waals surface area contributed by atoms with E-state index in [-0.39, 0.29) is 5.82 Å². The van der Waals surface area contributed by atoms with Crippen LogP contribution in [0.4, 0.5) is 4.39 Å². The zero-order chi connectivity index (χ0) is 7.56. The molecule has 0 saturated carbocycles. The summed E-state index contributed by atoms with van der Waals surface area (Å²) in [6.07, 6.45) is 0. The van der Waals surface area contributed by atoms with Gasteiger partial charge in [-0.1, -0.05) is 0 Å². The van der Waals surface area contributed by atoms with E-state index in [1.165, 1.54) is 0 Å². The van der Waals surface area contributed by atoms with Crippen molar-refractivity contribution in [3.63, 3.8) is 0 Å². The van der Waals surface area contributed by atoms with Crippen LogP contribution in [0, 0.1) is 9.39 Å². The molecule has 0 nitrogen and oxygen atoms in total. The molecule has 0 atom stereocenters. The maximum Gasteiger partial charge on any atom is 0.124 e. The van der Waals surface area contributed by atoms with Gasteiger partial charge in [-0.2, -0.15) is 0 Å². The minimum absolute atomic E-state index is 0.113. The third-order valence-corrected chi connectivity index (χ3v) is 2.77. The number of rotatable bonds is 1. The van der Waals surface area contributed by atoms with Gasteiger partial charge < -0.3 is 0 Å². The Morgan fingerprint density at radius 2 is 2.10 bits per heavy atom. The predicted molar refractivity (Wildman–Crippen MR) is 52.8 cm³/mol. The van der Waals surface area contributed by atoms with Crippen molar-refractivity contribution in [3.8, 4) is 0 Å². The fourth-order valence-corrected chi connectivity index (χ4v) is 1.92. The first-order chi connectivity index (χ1) is 4.72. The zero-order valence-corrected chi connectivity index (χ0v) is 9.85. The van der Waals surface area contributed by atoms with Crippen molar-refractivity contribution in [1.82, 2.24) is 0 Å². The SMILES string of the molecule is Fc1cc(I)cc(C[SiH3])c1. The van der Waals surface area contributed by atoms with E-state index in [1.807, 2.05) is 6.07 Å². The first-order valence-electron chi connectivity index (χ1n) is 3.17. The van der Waals surface area contributed by atoms with Gasteiger partial charge in [-0.15, -0.1) is 0 Å². The summed E-state index contributed by atoms with van der Waals surface area (Å²) in [7, 11) is 1.10. The van der Waals surface area contributed by atoms with E-state index in [2.05, 4.69) is 22.6 Å². The molecule has 1 aromatic carbocycles. The summed E-state index contributed by atoms with van der Waals surface area (Å²) in [5.41, 5.74) is 1.12. The Balaban J connectivity index is 3.06. The van der Waals surface area contributed by atoms with Crippen LogP contribution in [0.1, 0.15) is 5.56 Å². The average molecular weight is 266 g/mol. The number of hydrogen-bond donors (Lipinski definition) is 0. The molecule has 1 rings (SSSR count). The van der Waals surface area contributed by atoms with E-state index in [1.54, 1.807) is 12.1 Å². The Hall–Kier alpha value is 0.0969. The van der Waals surface area contributed by atoms with Crippen molar-refractivity contribution in [1.29, 1.82) is 0 Å². The molecule has 0 radical (unpaired) electrons. The quantitative estimate of drug-likeness (QED) is 0.531. The number of halogens is 2. The standard InChI is InChI=1S/C7H8FISi/c8-6-1-5(4-10)2-7(9)3-6/h1-3H,4H2,10H3. The lowest BCUT2D eigenvalue weighted by Gasteiger charge is -1.96. The largest absolute Gasteiger partial charge is 0.207 e. The van der Waals surface area contributed by atoms with E-state index in [0.717, 1.165) is 25.4 Å². The topological polar surface area (TPSA) is 0 Å². The average Bonchev–Trinajstić information content (AvgIpc) is 1.85. The zero-order valence-electron chi connectivity index (χ0n) is 5.70. The molecule has 0 unspecified atom stereocenters. The van der Waals surface area contributed by atoms with Crippen LogP contribution in [0.25, 0.3) is 0 Å². The van der Waals surface area contributed by atoms with Crippen LogP contribution < -0.4 is 0 Å². The second kappa shape index (κ2) is 3.48. The first-order valence-corrected chi connectivity index (χ1v) is 5.66. The molecule has 0 spiro atoms. The monoisotopic (exact) mass is 266 g/mol. The fraction of sp³-hybridized carbons (Fsp3) is 0.143. The van der Waals surface area contributed by atoms with Crippen molar-refractivity contribution in [2.24, 2.45) is 0 Å². The van der Waals surface area contributed by atoms with Crippen molar-refractivity contribution in [2.45, 2.75) is 6.04 Å². The van der Waals surface area contributed by atoms with E-state index in [9.17, 15) is 4.39 Å². The normalized spacial score (nSPS) is 10.2. The smallest absolute Gasteiger partial charge is 0.124 e. The second-order valence-electron chi connectivity index (χ2n) is 2.13. The van der Waals surface area contributed by atoms with Crippen LogP contribution in [-0.4, -0.2) is 10.2 Å². The highest BCUT2D eigenvalue weighted by molar-refractivity contribution is 14.1. The summed E-state index contributed by atoms with van der Waals surface area (Å²) in [5, 5.41) is 0. The lowest BCUT2D eigenvalue weighted by Crippen LogP contribution is -1.86. The van der Waals surface area contributed by atoms with Crippen molar-refractivity contribution < 1.29 is 4.39 Å². The van der Waals surface area contributed by atoms with Gasteiger partial charge in [-0.25, -0.2) is 4.39 Å². The molecule has 54 valence electrons. The minimum atomic E-state index is -0.113. The van der Waals surface area contributed by atoms with E-state index >= 15 is 0 Å².